The van der Waals surface area contributed by atoms with E-state index in [9.17, 15) is 31.1 Å². The third-order valence-corrected chi connectivity index (χ3v) is 8.86. The highest BCUT2D eigenvalue weighted by atomic mass is 19.4. The van der Waals surface area contributed by atoms with Gasteiger partial charge in [0.1, 0.15) is 0 Å². The minimum atomic E-state index is -4.93. The van der Waals surface area contributed by atoms with E-state index < -0.39 is 35.4 Å². The van der Waals surface area contributed by atoms with Crippen molar-refractivity contribution in [3.8, 4) is 0 Å². The average molecular weight is 555 g/mol. The lowest BCUT2D eigenvalue weighted by atomic mass is 9.74. The maximum Gasteiger partial charge on any atom is 0.416 e. The van der Waals surface area contributed by atoms with Gasteiger partial charge in [0.15, 0.2) is 0 Å². The Morgan fingerprint density at radius 1 is 1.00 bits per heavy atom. The Bertz CT molecular complexity index is 1110. The van der Waals surface area contributed by atoms with Crippen LogP contribution in [0.1, 0.15) is 74.6 Å². The number of hydrogen-bond donors (Lipinski definition) is 1. The van der Waals surface area contributed by atoms with Crippen LogP contribution in [0.2, 0.25) is 0 Å². The van der Waals surface area contributed by atoms with Crippen molar-refractivity contribution >= 4 is 5.91 Å². The van der Waals surface area contributed by atoms with E-state index in [-0.39, 0.29) is 29.5 Å². The van der Waals surface area contributed by atoms with Gasteiger partial charge in [-0.2, -0.15) is 26.3 Å². The van der Waals surface area contributed by atoms with Crippen LogP contribution in [0.15, 0.2) is 48.5 Å². The molecule has 1 amide bonds. The molecule has 39 heavy (non-hydrogen) atoms. The predicted molar refractivity (Wildman–Crippen MR) is 138 cm³/mol. The van der Waals surface area contributed by atoms with Crippen LogP contribution >= 0.6 is 0 Å². The molecule has 1 aliphatic heterocycles. The Hall–Kier alpha value is -2.55. The van der Waals surface area contributed by atoms with Crippen LogP contribution in [0.3, 0.4) is 0 Å². The monoisotopic (exact) mass is 554 g/mol. The number of amides is 1. The van der Waals surface area contributed by atoms with Crippen molar-refractivity contribution < 1.29 is 31.1 Å². The van der Waals surface area contributed by atoms with Crippen molar-refractivity contribution in [3.63, 3.8) is 0 Å². The fourth-order valence-corrected chi connectivity index (χ4v) is 6.54. The number of nitrogens with zero attached hydrogens (tertiary/aromatic N) is 1. The first kappa shape index (κ1) is 29.4. The zero-order chi connectivity index (χ0) is 28.6. The first-order valence-electron chi connectivity index (χ1n) is 13.6. The zero-order valence-corrected chi connectivity index (χ0v) is 22.5. The minimum Gasteiger partial charge on any atom is -0.352 e. The second kappa shape index (κ2) is 11.1. The molecule has 1 aliphatic carbocycles. The summed E-state index contributed by atoms with van der Waals surface area (Å²) < 4.78 is 79.5. The fraction of sp³-hybridized carbons (Fsp3) is 0.567. The number of alkyl halides is 6. The summed E-state index contributed by atoms with van der Waals surface area (Å²) in [6, 6.07) is 12.1. The highest BCUT2D eigenvalue weighted by Gasteiger charge is 2.49. The summed E-state index contributed by atoms with van der Waals surface area (Å²) in [7, 11) is 0. The molecule has 9 heteroatoms. The Balaban J connectivity index is 1.44. The molecule has 0 aromatic heterocycles. The molecule has 3 nitrogen and oxygen atoms in total. The topological polar surface area (TPSA) is 32.3 Å². The number of carbonyl (C=O) groups excluding carboxylic acids is 1. The maximum atomic E-state index is 13.5. The van der Waals surface area contributed by atoms with Gasteiger partial charge in [-0.1, -0.05) is 51.1 Å². The number of likely N-dealkylation sites (tertiary alicyclic amines) is 1. The summed E-state index contributed by atoms with van der Waals surface area (Å²) in [6.07, 6.45) is -6.75. The molecule has 1 saturated carbocycles. The van der Waals surface area contributed by atoms with Gasteiger partial charge in [-0.3, -0.25) is 4.79 Å². The zero-order valence-electron chi connectivity index (χ0n) is 22.5. The van der Waals surface area contributed by atoms with Crippen molar-refractivity contribution in [3.05, 3.63) is 70.8 Å². The van der Waals surface area contributed by atoms with Crippen LogP contribution in [0.25, 0.3) is 0 Å². The van der Waals surface area contributed by atoms with Crippen LogP contribution in [0.5, 0.6) is 0 Å². The van der Waals surface area contributed by atoms with Crippen LogP contribution in [-0.2, 0) is 23.7 Å². The van der Waals surface area contributed by atoms with Crippen molar-refractivity contribution in [2.24, 2.45) is 17.3 Å². The lowest BCUT2D eigenvalue weighted by Gasteiger charge is -2.41. The standard InChI is InChI=1S/C30H36F6N2O/c1-19(2)28(27(39)37-17-21-13-23(29(31,32)33)15-24(14-21)30(34,35)36)11-9-25(16-28)38-12-10-26(20(3)18-38)22-7-5-4-6-8-22/h4-8,13-15,19-20,25-26H,9-12,16-18H2,1-3H3,(H,37,39). The van der Waals surface area contributed by atoms with E-state index in [1.54, 1.807) is 0 Å². The van der Waals surface area contributed by atoms with Crippen LogP contribution < -0.4 is 5.32 Å². The SMILES string of the molecule is CC1CN(C2CCC(C(=O)NCc3cc(C(F)(F)F)cc(C(F)(F)F)c3)(C(C)C)C2)CCC1c1ccccc1. The summed E-state index contributed by atoms with van der Waals surface area (Å²) in [5.74, 6) is 0.594. The van der Waals surface area contributed by atoms with Crippen LogP contribution in [-0.4, -0.2) is 29.9 Å². The number of carbonyl (C=O) groups is 1. The number of rotatable bonds is 6. The second-order valence-corrected chi connectivity index (χ2v) is 11.6. The largest absolute Gasteiger partial charge is 0.416 e. The minimum absolute atomic E-state index is 0.0333. The molecule has 1 N–H and O–H groups in total. The van der Waals surface area contributed by atoms with Crippen molar-refractivity contribution in [1.82, 2.24) is 10.2 Å². The Morgan fingerprint density at radius 2 is 1.62 bits per heavy atom. The van der Waals surface area contributed by atoms with Crippen LogP contribution in [0, 0.1) is 17.3 Å². The molecular weight excluding hydrogens is 518 g/mol. The van der Waals surface area contributed by atoms with E-state index in [2.05, 4.69) is 41.4 Å². The molecule has 2 aromatic rings. The van der Waals surface area contributed by atoms with Gasteiger partial charge >= 0.3 is 12.4 Å². The van der Waals surface area contributed by atoms with Gasteiger partial charge in [0.25, 0.3) is 0 Å². The first-order valence-corrected chi connectivity index (χ1v) is 13.6. The fourth-order valence-electron chi connectivity index (χ4n) is 6.54. The molecule has 214 valence electrons. The molecule has 2 aromatic carbocycles. The normalized spacial score (nSPS) is 26.7. The van der Waals surface area contributed by atoms with E-state index >= 15 is 0 Å². The van der Waals surface area contributed by atoms with Gasteiger partial charge in [0.2, 0.25) is 5.91 Å². The summed E-state index contributed by atoms with van der Waals surface area (Å²) in [5, 5.41) is 2.69. The molecular formula is C30H36F6N2O. The smallest absolute Gasteiger partial charge is 0.352 e. The van der Waals surface area contributed by atoms with E-state index in [4.69, 9.17) is 0 Å². The lowest BCUT2D eigenvalue weighted by Crippen LogP contribution is -2.47. The Labute approximate surface area is 226 Å². The van der Waals surface area contributed by atoms with Crippen LogP contribution in [0.4, 0.5) is 26.3 Å². The molecule has 4 atom stereocenters. The van der Waals surface area contributed by atoms with Crippen molar-refractivity contribution in [2.45, 2.75) is 77.3 Å². The van der Waals surface area contributed by atoms with E-state index in [0.29, 0.717) is 36.8 Å². The molecule has 2 aliphatic rings. The van der Waals surface area contributed by atoms with E-state index in [1.807, 2.05) is 19.9 Å². The number of hydrogen-bond acceptors (Lipinski definition) is 2. The number of nitrogens with one attached hydrogen (secondary N) is 1. The van der Waals surface area contributed by atoms with Crippen molar-refractivity contribution in [1.29, 1.82) is 0 Å². The quantitative estimate of drug-likeness (QED) is 0.372. The molecule has 0 radical (unpaired) electrons. The Morgan fingerprint density at radius 3 is 2.15 bits per heavy atom. The number of benzene rings is 2. The molecule has 4 rings (SSSR count). The third kappa shape index (κ3) is 6.44. The maximum absolute atomic E-state index is 13.5. The molecule has 4 unspecified atom stereocenters. The van der Waals surface area contributed by atoms with Gasteiger partial charge < -0.3 is 10.2 Å². The Kier molecular flexibility index (Phi) is 8.41. The van der Waals surface area contributed by atoms with Gasteiger partial charge in [0.05, 0.1) is 16.5 Å². The second-order valence-electron chi connectivity index (χ2n) is 11.6. The average Bonchev–Trinajstić information content (AvgIpc) is 3.34. The van der Waals surface area contributed by atoms with Gasteiger partial charge in [-0.05, 0) is 79.3 Å². The first-order chi connectivity index (χ1) is 18.2. The summed E-state index contributed by atoms with van der Waals surface area (Å²) in [4.78, 5) is 16.0. The highest BCUT2D eigenvalue weighted by molar-refractivity contribution is 5.83. The summed E-state index contributed by atoms with van der Waals surface area (Å²) >= 11 is 0. The molecule has 0 spiro atoms. The van der Waals surface area contributed by atoms with Gasteiger partial charge in [0, 0.05) is 19.1 Å². The van der Waals surface area contributed by atoms with Gasteiger partial charge in [-0.25, -0.2) is 0 Å². The number of piperidine rings is 1. The molecule has 1 heterocycles. The number of halogens is 6. The van der Waals surface area contributed by atoms with Crippen molar-refractivity contribution in [2.75, 3.05) is 13.1 Å². The van der Waals surface area contributed by atoms with E-state index in [1.165, 1.54) is 5.56 Å². The molecule has 1 saturated heterocycles. The summed E-state index contributed by atoms with van der Waals surface area (Å²) in [5.41, 5.74) is -2.37. The molecule has 0 bridgehead atoms. The highest BCUT2D eigenvalue weighted by Crippen LogP contribution is 2.48. The van der Waals surface area contributed by atoms with Gasteiger partial charge in [-0.15, -0.1) is 0 Å². The summed E-state index contributed by atoms with van der Waals surface area (Å²) in [6.45, 7) is 7.62. The predicted octanol–water partition coefficient (Wildman–Crippen LogP) is 7.66. The third-order valence-electron chi connectivity index (χ3n) is 8.86. The van der Waals surface area contributed by atoms with E-state index in [0.717, 1.165) is 25.9 Å². The lowest BCUT2D eigenvalue weighted by molar-refractivity contribution is -0.143. The molecule has 2 fully saturated rings.